The molecule has 0 unspecified atom stereocenters. The lowest BCUT2D eigenvalue weighted by atomic mass is 9.87. The summed E-state index contributed by atoms with van der Waals surface area (Å²) in [6.45, 7) is 5.76. The van der Waals surface area contributed by atoms with E-state index in [9.17, 15) is 19.5 Å². The van der Waals surface area contributed by atoms with Gasteiger partial charge in [-0.15, -0.1) is 0 Å². The van der Waals surface area contributed by atoms with Gasteiger partial charge in [0.2, 0.25) is 5.91 Å². The van der Waals surface area contributed by atoms with Gasteiger partial charge in [0.1, 0.15) is 0 Å². The van der Waals surface area contributed by atoms with E-state index in [0.29, 0.717) is 6.54 Å². The number of hydrogen-bond donors (Lipinski definition) is 5. The lowest BCUT2D eigenvalue weighted by molar-refractivity contribution is -0.133. The van der Waals surface area contributed by atoms with Crippen LogP contribution in [0.1, 0.15) is 45.6 Å². The Morgan fingerprint density at radius 3 is 2.39 bits per heavy atom. The lowest BCUT2D eigenvalue weighted by Gasteiger charge is -2.38. The first-order chi connectivity index (χ1) is 14.8. The van der Waals surface area contributed by atoms with Gasteiger partial charge >= 0.3 is 12.0 Å². The van der Waals surface area contributed by atoms with Crippen LogP contribution in [0.5, 0.6) is 0 Å². The van der Waals surface area contributed by atoms with Crippen LogP contribution in [0.3, 0.4) is 0 Å². The van der Waals surface area contributed by atoms with E-state index < -0.39 is 30.2 Å². The van der Waals surface area contributed by atoms with Crippen LogP contribution in [-0.4, -0.2) is 47.3 Å². The number of carboxylic acids is 1. The third kappa shape index (κ3) is 7.69. The fourth-order valence-corrected chi connectivity index (χ4v) is 3.53. The molecule has 1 aliphatic rings. The Hall–Kier alpha value is -2.91. The van der Waals surface area contributed by atoms with E-state index in [2.05, 4.69) is 21.5 Å². The highest BCUT2D eigenvalue weighted by atomic mass is 16.5. The van der Waals surface area contributed by atoms with Gasteiger partial charge in [-0.25, -0.2) is 15.0 Å². The van der Waals surface area contributed by atoms with Crippen molar-refractivity contribution in [2.45, 2.75) is 70.9 Å². The molecule has 0 bridgehead atoms. The van der Waals surface area contributed by atoms with Crippen LogP contribution in [0.2, 0.25) is 0 Å². The summed E-state index contributed by atoms with van der Waals surface area (Å²) in [5, 5.41) is 15.1. The van der Waals surface area contributed by atoms with Gasteiger partial charge in [0.15, 0.2) is 0 Å². The number of carbonyl (C=O) groups excluding carboxylic acids is 2. The molecule has 9 nitrogen and oxygen atoms in total. The van der Waals surface area contributed by atoms with E-state index in [4.69, 9.17) is 4.74 Å². The van der Waals surface area contributed by atoms with Crippen molar-refractivity contribution < 1.29 is 24.2 Å². The Balaban J connectivity index is 2.09. The fraction of sp³-hybridized carbons (Fsp3) is 0.500. The van der Waals surface area contributed by atoms with Crippen LogP contribution >= 0.6 is 0 Å². The summed E-state index contributed by atoms with van der Waals surface area (Å²) in [6, 6.07) is 7.77. The first-order valence-electron chi connectivity index (χ1n) is 10.5. The number of urea groups is 1. The largest absolute Gasteiger partial charge is 0.478 e. The van der Waals surface area contributed by atoms with Crippen molar-refractivity contribution in [1.29, 1.82) is 0 Å². The molecule has 0 aromatic heterocycles. The van der Waals surface area contributed by atoms with Gasteiger partial charge in [-0.1, -0.05) is 44.2 Å². The van der Waals surface area contributed by atoms with Crippen molar-refractivity contribution in [3.05, 3.63) is 47.5 Å². The van der Waals surface area contributed by atoms with Gasteiger partial charge in [0, 0.05) is 25.5 Å². The maximum absolute atomic E-state index is 12.4. The molecular formula is C22H32N4O5. The lowest BCUT2D eigenvalue weighted by Crippen LogP contribution is -2.61. The number of ether oxygens (including phenoxy) is 1. The topological polar surface area (TPSA) is 129 Å². The predicted molar refractivity (Wildman–Crippen MR) is 116 cm³/mol. The minimum atomic E-state index is -1.08. The van der Waals surface area contributed by atoms with E-state index in [1.54, 1.807) is 0 Å². The molecule has 0 saturated heterocycles. The molecule has 2 rings (SSSR count). The quantitative estimate of drug-likeness (QED) is 0.359. The zero-order valence-corrected chi connectivity index (χ0v) is 18.2. The van der Waals surface area contributed by atoms with Gasteiger partial charge < -0.3 is 20.5 Å². The maximum Gasteiger partial charge on any atom is 0.331 e. The highest BCUT2D eigenvalue weighted by molar-refractivity contribution is 5.87. The molecule has 1 aromatic rings. The van der Waals surface area contributed by atoms with E-state index in [0.717, 1.165) is 18.4 Å². The molecule has 31 heavy (non-hydrogen) atoms. The van der Waals surface area contributed by atoms with Crippen LogP contribution in [0.25, 0.3) is 0 Å². The monoisotopic (exact) mass is 432 g/mol. The number of hydrogen-bond acceptors (Lipinski definition) is 5. The first-order valence-corrected chi connectivity index (χ1v) is 10.5. The number of amides is 3. The molecule has 0 fully saturated rings. The Bertz CT molecular complexity index is 779. The third-order valence-corrected chi connectivity index (χ3v) is 5.15. The summed E-state index contributed by atoms with van der Waals surface area (Å²) >= 11 is 0. The van der Waals surface area contributed by atoms with Crippen molar-refractivity contribution >= 4 is 17.9 Å². The molecule has 0 heterocycles. The van der Waals surface area contributed by atoms with Crippen molar-refractivity contribution in [2.24, 2.45) is 0 Å². The van der Waals surface area contributed by atoms with Crippen LogP contribution < -0.4 is 21.5 Å². The second kappa shape index (κ2) is 12.1. The number of aliphatic carboxylic acids is 1. The molecule has 3 atom stereocenters. The third-order valence-electron chi connectivity index (χ3n) is 5.15. The Morgan fingerprint density at radius 2 is 1.81 bits per heavy atom. The number of rotatable bonds is 10. The second-order valence-corrected chi connectivity index (χ2v) is 7.51. The molecule has 1 aromatic carbocycles. The highest BCUT2D eigenvalue weighted by Crippen LogP contribution is 2.24. The Kier molecular flexibility index (Phi) is 9.48. The van der Waals surface area contributed by atoms with Gasteiger partial charge in [-0.05, 0) is 24.5 Å². The number of nitrogens with one attached hydrogen (secondary N) is 4. The van der Waals surface area contributed by atoms with Gasteiger partial charge in [-0.2, -0.15) is 0 Å². The Labute approximate surface area is 182 Å². The van der Waals surface area contributed by atoms with Gasteiger partial charge in [0.25, 0.3) is 0 Å². The molecule has 1 aliphatic carbocycles. The number of carboxylic acid groups (broad SMARTS) is 1. The summed E-state index contributed by atoms with van der Waals surface area (Å²) in [4.78, 5) is 35.9. The zero-order chi connectivity index (χ0) is 22.8. The van der Waals surface area contributed by atoms with E-state index in [-0.39, 0.29) is 24.0 Å². The molecule has 0 radical (unpaired) electrons. The van der Waals surface area contributed by atoms with E-state index in [1.807, 2.05) is 44.2 Å². The van der Waals surface area contributed by atoms with Crippen molar-refractivity contribution in [1.82, 2.24) is 21.5 Å². The number of benzene rings is 1. The minimum Gasteiger partial charge on any atom is -0.478 e. The second-order valence-electron chi connectivity index (χ2n) is 7.51. The molecule has 0 saturated carbocycles. The standard InChI is InChI=1S/C22H32N4O5/c1-4-17(5-2)31-19-12-16(21(28)29)11-18(20(19)24-14(3)27)25-22(30)26-23-13-15-9-7-6-8-10-15/h6-10,12,17-20,23H,4-5,11,13H2,1-3H3,(H,24,27)(H,28,29)(H2,25,26,30)/t18-,19+,20+/m0/s1. The normalized spacial score (nSPS) is 20.6. The smallest absolute Gasteiger partial charge is 0.331 e. The van der Waals surface area contributed by atoms with E-state index >= 15 is 0 Å². The van der Waals surface area contributed by atoms with Crippen molar-refractivity contribution in [2.75, 3.05) is 0 Å². The summed E-state index contributed by atoms with van der Waals surface area (Å²) in [5.74, 6) is -1.36. The minimum absolute atomic E-state index is 0.0646. The summed E-state index contributed by atoms with van der Waals surface area (Å²) < 4.78 is 6.09. The predicted octanol–water partition coefficient (Wildman–Crippen LogP) is 1.85. The van der Waals surface area contributed by atoms with Crippen molar-refractivity contribution in [3.63, 3.8) is 0 Å². The summed E-state index contributed by atoms with van der Waals surface area (Å²) in [5.41, 5.74) is 6.52. The zero-order valence-electron chi connectivity index (χ0n) is 18.2. The van der Waals surface area contributed by atoms with Gasteiger partial charge in [-0.3, -0.25) is 10.2 Å². The van der Waals surface area contributed by atoms with Crippen LogP contribution in [0, 0.1) is 0 Å². The molecule has 3 amide bonds. The SMILES string of the molecule is CCC(CC)O[C@@H]1C=C(C(=O)O)C[C@H](NC(=O)NNCc2ccccc2)[C@H]1NC(C)=O. The van der Waals surface area contributed by atoms with Crippen molar-refractivity contribution in [3.8, 4) is 0 Å². The number of hydrazine groups is 1. The molecule has 0 spiro atoms. The molecule has 0 aliphatic heterocycles. The van der Waals surface area contributed by atoms with Gasteiger partial charge in [0.05, 0.1) is 24.3 Å². The fourth-order valence-electron chi connectivity index (χ4n) is 3.53. The summed E-state index contributed by atoms with van der Waals surface area (Å²) in [6.07, 6.45) is 2.33. The van der Waals surface area contributed by atoms with E-state index in [1.165, 1.54) is 13.0 Å². The first kappa shape index (κ1) is 24.4. The highest BCUT2D eigenvalue weighted by Gasteiger charge is 2.38. The van der Waals surface area contributed by atoms with Crippen LogP contribution in [0.15, 0.2) is 42.0 Å². The van der Waals surface area contributed by atoms with Crippen LogP contribution in [0.4, 0.5) is 4.79 Å². The average molecular weight is 433 g/mol. The Morgan fingerprint density at radius 1 is 1.13 bits per heavy atom. The maximum atomic E-state index is 12.4. The summed E-state index contributed by atoms with van der Waals surface area (Å²) in [7, 11) is 0. The average Bonchev–Trinajstić information content (AvgIpc) is 2.74. The van der Waals surface area contributed by atoms with Crippen LogP contribution in [-0.2, 0) is 20.9 Å². The number of carbonyl (C=O) groups is 3. The molecule has 5 N–H and O–H groups in total. The molecule has 170 valence electrons. The molecule has 9 heteroatoms. The molecular weight excluding hydrogens is 400 g/mol.